The highest BCUT2D eigenvalue weighted by Gasteiger charge is 2.48. The van der Waals surface area contributed by atoms with E-state index in [9.17, 15) is 14.4 Å². The Balaban J connectivity index is 2.71. The van der Waals surface area contributed by atoms with Crippen molar-refractivity contribution < 1.29 is 29.0 Å². The molecule has 1 aliphatic rings. The maximum absolute atomic E-state index is 12.0. The molecule has 114 valence electrons. The number of carboxylic acids is 1. The van der Waals surface area contributed by atoms with Gasteiger partial charge in [0.2, 0.25) is 0 Å². The molecule has 2 atom stereocenters. The van der Waals surface area contributed by atoms with E-state index in [0.717, 1.165) is 4.90 Å². The fourth-order valence-electron chi connectivity index (χ4n) is 2.01. The first kappa shape index (κ1) is 16.3. The van der Waals surface area contributed by atoms with Crippen LogP contribution in [0.2, 0.25) is 0 Å². The largest absolute Gasteiger partial charge is 0.480 e. The summed E-state index contributed by atoms with van der Waals surface area (Å²) in [4.78, 5) is 35.6. The van der Waals surface area contributed by atoms with Crippen molar-refractivity contribution in [2.24, 2.45) is 0 Å². The molecule has 1 N–H and O–H groups in total. The first-order valence-corrected chi connectivity index (χ1v) is 6.55. The number of nitrogens with zero attached hydrogens (tertiary/aromatic N) is 1. The summed E-state index contributed by atoms with van der Waals surface area (Å²) in [5.41, 5.74) is -0.718. The molecule has 0 aromatic rings. The zero-order chi connectivity index (χ0) is 15.5. The number of aliphatic carboxylic acids is 1. The number of amides is 1. The van der Waals surface area contributed by atoms with Gasteiger partial charge in [-0.15, -0.1) is 0 Å². The normalized spacial score (nSPS) is 21.9. The van der Waals surface area contributed by atoms with Gasteiger partial charge in [-0.25, -0.2) is 9.59 Å². The molecule has 1 aliphatic heterocycles. The number of ether oxygens (including phenoxy) is 2. The maximum atomic E-state index is 12.0. The Labute approximate surface area is 117 Å². The smallest absolute Gasteiger partial charge is 0.411 e. The summed E-state index contributed by atoms with van der Waals surface area (Å²) in [5, 5.41) is 9.04. The molecule has 7 heteroatoms. The first-order chi connectivity index (χ1) is 9.15. The highest BCUT2D eigenvalue weighted by atomic mass is 16.6. The Hall–Kier alpha value is -1.79. The zero-order valence-corrected chi connectivity index (χ0v) is 12.2. The Morgan fingerprint density at radius 2 is 1.90 bits per heavy atom. The third kappa shape index (κ3) is 4.11. The van der Waals surface area contributed by atoms with Crippen LogP contribution < -0.4 is 0 Å². The van der Waals surface area contributed by atoms with Crippen molar-refractivity contribution in [1.82, 2.24) is 4.90 Å². The lowest BCUT2D eigenvalue weighted by atomic mass is 9.91. The van der Waals surface area contributed by atoms with Crippen LogP contribution in [0, 0.1) is 0 Å². The molecule has 0 aromatic carbocycles. The van der Waals surface area contributed by atoms with Crippen molar-refractivity contribution >= 4 is 18.0 Å². The van der Waals surface area contributed by atoms with Crippen LogP contribution in [-0.2, 0) is 19.1 Å². The van der Waals surface area contributed by atoms with E-state index in [0.29, 0.717) is 0 Å². The minimum absolute atomic E-state index is 0.0170. The van der Waals surface area contributed by atoms with Crippen LogP contribution in [0.15, 0.2) is 0 Å². The second-order valence-corrected chi connectivity index (χ2v) is 5.64. The molecule has 0 radical (unpaired) electrons. The fraction of sp³-hybridized carbons (Fsp3) is 0.769. The van der Waals surface area contributed by atoms with Crippen molar-refractivity contribution in [1.29, 1.82) is 0 Å². The van der Waals surface area contributed by atoms with E-state index < -0.39 is 35.7 Å². The van der Waals surface area contributed by atoms with Crippen LogP contribution in [-0.4, -0.2) is 52.3 Å². The lowest BCUT2D eigenvalue weighted by Gasteiger charge is -2.45. The molecule has 1 unspecified atom stereocenters. The Kier molecular flexibility index (Phi) is 4.97. The van der Waals surface area contributed by atoms with Gasteiger partial charge in [0, 0.05) is 6.04 Å². The lowest BCUT2D eigenvalue weighted by molar-refractivity contribution is -0.156. The molecule has 1 amide bonds. The summed E-state index contributed by atoms with van der Waals surface area (Å²) in [7, 11) is 0. The lowest BCUT2D eigenvalue weighted by Crippen LogP contribution is -2.63. The van der Waals surface area contributed by atoms with Gasteiger partial charge in [-0.05, 0) is 34.1 Å². The van der Waals surface area contributed by atoms with Gasteiger partial charge in [0.15, 0.2) is 0 Å². The second-order valence-electron chi connectivity index (χ2n) is 5.64. The van der Waals surface area contributed by atoms with Gasteiger partial charge in [-0.2, -0.15) is 0 Å². The third-order valence-electron chi connectivity index (χ3n) is 2.82. The summed E-state index contributed by atoms with van der Waals surface area (Å²) in [6, 6.07) is -1.42. The average molecular weight is 287 g/mol. The number of esters is 1. The number of hydrogen-bond donors (Lipinski definition) is 1. The molecule has 20 heavy (non-hydrogen) atoms. The van der Waals surface area contributed by atoms with E-state index in [1.807, 2.05) is 0 Å². The topological polar surface area (TPSA) is 93.1 Å². The standard InChI is InChI=1S/C13H21NO6/c1-5-19-10(15)7-8-6-9(11(16)17)14(8)12(18)20-13(2,3)4/h8-9H,5-7H2,1-4H3,(H,16,17)/t8?,9-/m1/s1. The van der Waals surface area contributed by atoms with Crippen LogP contribution in [0.25, 0.3) is 0 Å². The first-order valence-electron chi connectivity index (χ1n) is 6.55. The number of rotatable bonds is 4. The summed E-state index contributed by atoms with van der Waals surface area (Å²) < 4.78 is 9.97. The number of likely N-dealkylation sites (tertiary alicyclic amines) is 1. The Morgan fingerprint density at radius 1 is 1.30 bits per heavy atom. The number of carbonyl (C=O) groups excluding carboxylic acids is 2. The van der Waals surface area contributed by atoms with Crippen LogP contribution in [0.4, 0.5) is 4.79 Å². The molecule has 0 spiro atoms. The molecule has 7 nitrogen and oxygen atoms in total. The van der Waals surface area contributed by atoms with Gasteiger partial charge in [0.1, 0.15) is 11.6 Å². The predicted octanol–water partition coefficient (Wildman–Crippen LogP) is 1.40. The van der Waals surface area contributed by atoms with Gasteiger partial charge in [-0.1, -0.05) is 0 Å². The molecular weight excluding hydrogens is 266 g/mol. The SMILES string of the molecule is CCOC(=O)CC1C[C@H](C(=O)O)N1C(=O)OC(C)(C)C. The van der Waals surface area contributed by atoms with Crippen LogP contribution in [0.3, 0.4) is 0 Å². The molecular formula is C13H21NO6. The van der Waals surface area contributed by atoms with Gasteiger partial charge in [0.25, 0.3) is 0 Å². The van der Waals surface area contributed by atoms with E-state index in [4.69, 9.17) is 14.6 Å². The number of carbonyl (C=O) groups is 3. The minimum atomic E-state index is -1.10. The molecule has 1 rings (SSSR count). The van der Waals surface area contributed by atoms with Crippen molar-refractivity contribution in [2.45, 2.75) is 58.2 Å². The van der Waals surface area contributed by atoms with Crippen LogP contribution in [0.1, 0.15) is 40.5 Å². The zero-order valence-electron chi connectivity index (χ0n) is 12.2. The van der Waals surface area contributed by atoms with E-state index in [1.165, 1.54) is 0 Å². The van der Waals surface area contributed by atoms with Crippen LogP contribution in [0.5, 0.6) is 0 Å². The second kappa shape index (κ2) is 6.11. The van der Waals surface area contributed by atoms with Crippen molar-refractivity contribution in [3.63, 3.8) is 0 Å². The van der Waals surface area contributed by atoms with Gasteiger partial charge < -0.3 is 14.6 Å². The van der Waals surface area contributed by atoms with Crippen molar-refractivity contribution in [3.8, 4) is 0 Å². The van der Waals surface area contributed by atoms with E-state index >= 15 is 0 Å². The molecule has 0 aliphatic carbocycles. The van der Waals surface area contributed by atoms with E-state index in [1.54, 1.807) is 27.7 Å². The van der Waals surface area contributed by atoms with E-state index in [2.05, 4.69) is 0 Å². The quantitative estimate of drug-likeness (QED) is 0.786. The van der Waals surface area contributed by atoms with Gasteiger partial charge >= 0.3 is 18.0 Å². The average Bonchev–Trinajstić information content (AvgIpc) is 2.20. The molecule has 0 aromatic heterocycles. The molecule has 1 saturated heterocycles. The molecule has 1 heterocycles. The summed E-state index contributed by atoms with van der Waals surface area (Å²) in [6.45, 7) is 7.02. The summed E-state index contributed by atoms with van der Waals surface area (Å²) >= 11 is 0. The van der Waals surface area contributed by atoms with Gasteiger partial charge in [0.05, 0.1) is 13.0 Å². The molecule has 0 bridgehead atoms. The fourth-order valence-corrected chi connectivity index (χ4v) is 2.01. The highest BCUT2D eigenvalue weighted by molar-refractivity contribution is 5.83. The summed E-state index contributed by atoms with van der Waals surface area (Å²) in [5.74, 6) is -1.55. The Bertz CT molecular complexity index is 400. The summed E-state index contributed by atoms with van der Waals surface area (Å²) in [6.07, 6.45) is -0.505. The van der Waals surface area contributed by atoms with Gasteiger partial charge in [-0.3, -0.25) is 9.69 Å². The predicted molar refractivity (Wildman–Crippen MR) is 69.2 cm³/mol. The number of carboxylic acid groups (broad SMARTS) is 1. The number of hydrogen-bond acceptors (Lipinski definition) is 5. The maximum Gasteiger partial charge on any atom is 0.411 e. The molecule has 1 fully saturated rings. The monoisotopic (exact) mass is 287 g/mol. The van der Waals surface area contributed by atoms with Crippen LogP contribution >= 0.6 is 0 Å². The third-order valence-corrected chi connectivity index (χ3v) is 2.82. The highest BCUT2D eigenvalue weighted by Crippen LogP contribution is 2.30. The van der Waals surface area contributed by atoms with E-state index in [-0.39, 0.29) is 19.4 Å². The minimum Gasteiger partial charge on any atom is -0.480 e. The van der Waals surface area contributed by atoms with Crippen molar-refractivity contribution in [2.75, 3.05) is 6.61 Å². The Morgan fingerprint density at radius 3 is 2.35 bits per heavy atom. The molecule has 0 saturated carbocycles. The van der Waals surface area contributed by atoms with Crippen molar-refractivity contribution in [3.05, 3.63) is 0 Å².